The lowest BCUT2D eigenvalue weighted by molar-refractivity contribution is 0.0624. The molecular weight excluding hydrogens is 1050 g/mol. The molecule has 0 unspecified atom stereocenters. The summed E-state index contributed by atoms with van der Waals surface area (Å²) < 4.78 is 46.5. The minimum Gasteiger partial charge on any atom is -0.495 e. The third-order valence-corrected chi connectivity index (χ3v) is 13.6. The van der Waals surface area contributed by atoms with Gasteiger partial charge in [0.2, 0.25) is 0 Å². The van der Waals surface area contributed by atoms with Gasteiger partial charge in [0, 0.05) is 65.7 Å². The summed E-state index contributed by atoms with van der Waals surface area (Å²) in [5.41, 5.74) is 15.3. The zero-order chi connectivity index (χ0) is 58.7. The fourth-order valence-electron chi connectivity index (χ4n) is 9.27. The van der Waals surface area contributed by atoms with Crippen LogP contribution in [0, 0.1) is 13.8 Å². The van der Waals surface area contributed by atoms with E-state index in [1.165, 1.54) is 11.1 Å². The van der Waals surface area contributed by atoms with Crippen molar-refractivity contribution in [2.45, 2.75) is 104 Å². The molecule has 16 nitrogen and oxygen atoms in total. The minimum absolute atomic E-state index is 0.250. The number of hydrogen-bond acceptors (Lipinski definition) is 14. The maximum Gasteiger partial charge on any atom is 0.412 e. The molecule has 436 valence electrons. The molecule has 6 aromatic rings. The number of aromatic nitrogens is 2. The van der Waals surface area contributed by atoms with Crippen molar-refractivity contribution >= 4 is 75.1 Å². The number of aryl methyl sites for hydroxylation is 2. The van der Waals surface area contributed by atoms with E-state index in [-0.39, 0.29) is 13.3 Å². The van der Waals surface area contributed by atoms with E-state index in [2.05, 4.69) is 64.6 Å². The number of hydrogen-bond donors (Lipinski definition) is 6. The number of nitrogens with zero attached hydrogens (tertiary/aromatic N) is 4. The Kier molecular flexibility index (Phi) is 23.2. The van der Waals surface area contributed by atoms with Gasteiger partial charge in [0.1, 0.15) is 47.0 Å². The summed E-state index contributed by atoms with van der Waals surface area (Å²) in [6.07, 6.45) is 6.70. The predicted octanol–water partition coefficient (Wildman–Crippen LogP) is 14.9. The first-order valence-electron chi connectivity index (χ1n) is 27.4. The smallest absolute Gasteiger partial charge is 0.412 e. The highest BCUT2D eigenvalue weighted by Gasteiger charge is 2.24. The molecule has 4 aromatic carbocycles. The second-order valence-electron chi connectivity index (χ2n) is 22.1. The fourth-order valence-corrected chi connectivity index (χ4v) is 9.42. The van der Waals surface area contributed by atoms with E-state index >= 15 is 0 Å². The average molecular weight is 1140 g/mol. The number of piperidine rings is 2. The molecule has 0 atom stereocenters. The summed E-state index contributed by atoms with van der Waals surface area (Å²) >= 11 is 5.92. The number of alkyl halides is 2. The summed E-state index contributed by atoms with van der Waals surface area (Å²) in [5, 5.41) is 16.0. The Hall–Kier alpha value is -7.41. The Labute approximate surface area is 481 Å². The summed E-state index contributed by atoms with van der Waals surface area (Å²) in [7, 11) is 3.31. The molecule has 7 N–H and O–H groups in total. The SMILES string of the molecule is COc1cc(C2CCN(CCF)CC2)ccc1N.COc1cc(C2CCN(CCF)CC2)ccc1Nc1cc(Nc2cccc(NC(=O)OC(C)(C)C)c2)c(C)cn1.Cc1cnc(Cl)cc1Nc1cccc(NC(=O)OC(C)(C)C)c1. The number of anilines is 9. The van der Waals surface area contributed by atoms with Gasteiger partial charge < -0.3 is 50.4 Å². The summed E-state index contributed by atoms with van der Waals surface area (Å²) in [6.45, 7) is 19.2. The predicted molar refractivity (Wildman–Crippen MR) is 325 cm³/mol. The third-order valence-electron chi connectivity index (χ3n) is 13.4. The minimum atomic E-state index is -0.574. The third kappa shape index (κ3) is 20.6. The summed E-state index contributed by atoms with van der Waals surface area (Å²) in [4.78, 5) is 37.0. The quantitative estimate of drug-likeness (QED) is 0.0397. The molecule has 0 bridgehead atoms. The van der Waals surface area contributed by atoms with Crippen LogP contribution in [0.4, 0.5) is 69.7 Å². The van der Waals surface area contributed by atoms with Crippen molar-refractivity contribution in [1.29, 1.82) is 0 Å². The van der Waals surface area contributed by atoms with Gasteiger partial charge in [0.15, 0.2) is 0 Å². The number of nitrogen functional groups attached to an aromatic ring is 1. The molecule has 4 heterocycles. The number of halogens is 3. The number of rotatable bonds is 16. The first-order valence-corrected chi connectivity index (χ1v) is 27.8. The normalized spacial score (nSPS) is 14.2. The van der Waals surface area contributed by atoms with Crippen LogP contribution in [0.3, 0.4) is 0 Å². The lowest BCUT2D eigenvalue weighted by Gasteiger charge is -2.31. The largest absolute Gasteiger partial charge is 0.495 e. The Balaban J connectivity index is 0.000000217. The van der Waals surface area contributed by atoms with Gasteiger partial charge in [-0.3, -0.25) is 10.6 Å². The van der Waals surface area contributed by atoms with Crippen molar-refractivity contribution in [1.82, 2.24) is 19.8 Å². The van der Waals surface area contributed by atoms with E-state index in [4.69, 9.17) is 36.3 Å². The van der Waals surface area contributed by atoms with Crippen LogP contribution in [0.25, 0.3) is 0 Å². The van der Waals surface area contributed by atoms with E-state index in [0.29, 0.717) is 53.0 Å². The lowest BCUT2D eigenvalue weighted by Crippen LogP contribution is -2.34. The molecule has 0 radical (unpaired) electrons. The van der Waals surface area contributed by atoms with Crippen molar-refractivity contribution in [3.63, 3.8) is 0 Å². The first kappa shape index (κ1) is 62.8. The number of pyridine rings is 2. The number of carbonyl (C=O) groups is 2. The molecular formula is C62H81ClF2N10O6. The molecule has 2 saturated heterocycles. The van der Waals surface area contributed by atoms with Gasteiger partial charge in [-0.05, 0) is 208 Å². The second-order valence-corrected chi connectivity index (χ2v) is 22.5. The number of amides is 2. The van der Waals surface area contributed by atoms with Gasteiger partial charge in [0.05, 0.1) is 25.6 Å². The zero-order valence-electron chi connectivity index (χ0n) is 48.5. The van der Waals surface area contributed by atoms with Crippen LogP contribution >= 0.6 is 11.6 Å². The Morgan fingerprint density at radius 1 is 0.593 bits per heavy atom. The molecule has 2 aromatic heterocycles. The summed E-state index contributed by atoms with van der Waals surface area (Å²) in [6, 6.07) is 30.8. The average Bonchev–Trinajstić information content (AvgIpc) is 3.43. The number of ether oxygens (including phenoxy) is 4. The van der Waals surface area contributed by atoms with Crippen LogP contribution in [0.2, 0.25) is 5.15 Å². The molecule has 0 spiro atoms. The lowest BCUT2D eigenvalue weighted by atomic mass is 9.89. The van der Waals surface area contributed by atoms with Crippen LogP contribution in [0.15, 0.2) is 109 Å². The molecule has 2 fully saturated rings. The number of likely N-dealkylation sites (tertiary alicyclic amines) is 2. The Bertz CT molecular complexity index is 3000. The molecule has 2 amide bonds. The first-order chi connectivity index (χ1) is 38.6. The Morgan fingerprint density at radius 2 is 1.04 bits per heavy atom. The van der Waals surface area contributed by atoms with Gasteiger partial charge in [-0.2, -0.15) is 0 Å². The molecule has 2 aliphatic heterocycles. The zero-order valence-corrected chi connectivity index (χ0v) is 49.2. The van der Waals surface area contributed by atoms with Gasteiger partial charge >= 0.3 is 12.2 Å². The standard InChI is InChI=1S/C31H40FN5O3.C17H20ClN3O2.C14H21FN2O/c1-21-20-33-29(19-27(21)34-24-7-6-8-25(18-24)35-30(38)40-31(2,3)4)36-26-10-9-23(17-28(26)39-5)22-11-14-37(15-12-22)16-13-32;1-11-10-19-15(18)9-14(11)20-12-6-5-7-13(8-12)21-16(22)23-17(2,3)4;1-18-14-10-12(2-3-13(14)16)11-4-7-17(8-5-11)9-6-15/h6-10,17-20,22H,11-16H2,1-5H3,(H,35,38)(H2,33,34,36);5-10H,1-4H3,(H,19,20)(H,21,22);2-3,10-11H,4-9,16H2,1H3. The van der Waals surface area contributed by atoms with Crippen molar-refractivity contribution < 1.29 is 37.3 Å². The molecule has 8 rings (SSSR count). The number of methoxy groups -OCH3 is 2. The molecule has 0 aliphatic carbocycles. The number of nitrogens with one attached hydrogen (secondary N) is 5. The van der Waals surface area contributed by atoms with E-state index in [9.17, 15) is 18.4 Å². The van der Waals surface area contributed by atoms with Gasteiger partial charge in [-0.1, -0.05) is 35.9 Å². The van der Waals surface area contributed by atoms with Crippen LogP contribution in [-0.4, -0.2) is 110 Å². The van der Waals surface area contributed by atoms with E-state index < -0.39 is 23.4 Å². The van der Waals surface area contributed by atoms with E-state index in [1.54, 1.807) is 38.7 Å². The molecule has 81 heavy (non-hydrogen) atoms. The van der Waals surface area contributed by atoms with E-state index in [1.807, 2.05) is 122 Å². The van der Waals surface area contributed by atoms with Crippen LogP contribution in [0.5, 0.6) is 11.5 Å². The highest BCUT2D eigenvalue weighted by molar-refractivity contribution is 6.29. The molecule has 2 aliphatic rings. The van der Waals surface area contributed by atoms with Crippen LogP contribution < -0.4 is 41.8 Å². The van der Waals surface area contributed by atoms with Gasteiger partial charge in [-0.15, -0.1) is 0 Å². The second kappa shape index (κ2) is 29.9. The number of nitrogens with two attached hydrogens (primary N) is 1. The van der Waals surface area contributed by atoms with Crippen LogP contribution in [-0.2, 0) is 9.47 Å². The van der Waals surface area contributed by atoms with Gasteiger partial charge in [0.25, 0.3) is 0 Å². The summed E-state index contributed by atoms with van der Waals surface area (Å²) in [5.74, 6) is 3.14. The monoisotopic (exact) mass is 1130 g/mol. The highest BCUT2D eigenvalue weighted by atomic mass is 35.5. The maximum absolute atomic E-state index is 12.7. The number of carbonyl (C=O) groups excluding carboxylic acids is 2. The molecule has 19 heteroatoms. The van der Waals surface area contributed by atoms with Crippen LogP contribution in [0.1, 0.15) is 101 Å². The number of benzene rings is 4. The molecule has 0 saturated carbocycles. The maximum atomic E-state index is 12.7. The van der Waals surface area contributed by atoms with Gasteiger partial charge in [-0.25, -0.2) is 28.3 Å². The highest BCUT2D eigenvalue weighted by Crippen LogP contribution is 2.37. The van der Waals surface area contributed by atoms with Crippen molar-refractivity contribution in [3.8, 4) is 11.5 Å². The van der Waals surface area contributed by atoms with Crippen molar-refractivity contribution in [2.75, 3.05) is 99.2 Å². The topological polar surface area (TPSA) is 189 Å². The van der Waals surface area contributed by atoms with Crippen molar-refractivity contribution in [3.05, 3.63) is 137 Å². The Morgan fingerprint density at radius 3 is 1.51 bits per heavy atom. The van der Waals surface area contributed by atoms with E-state index in [0.717, 1.165) is 103 Å². The van der Waals surface area contributed by atoms with Crippen molar-refractivity contribution in [2.24, 2.45) is 0 Å². The fraction of sp³-hybridized carbons (Fsp3) is 0.419.